The van der Waals surface area contributed by atoms with Gasteiger partial charge in [-0.15, -0.1) is 0 Å². The second-order valence-electron chi connectivity index (χ2n) is 5.62. The molecule has 2 fully saturated rings. The van der Waals surface area contributed by atoms with Gasteiger partial charge in [0, 0.05) is 13.0 Å². The van der Waals surface area contributed by atoms with Crippen LogP contribution in [0.25, 0.3) is 0 Å². The van der Waals surface area contributed by atoms with Crippen molar-refractivity contribution in [2.75, 3.05) is 6.61 Å². The molecule has 1 saturated heterocycles. The summed E-state index contributed by atoms with van der Waals surface area (Å²) in [6.45, 7) is 6.33. The molecule has 0 aromatic carbocycles. The first-order chi connectivity index (χ1) is 8.44. The van der Waals surface area contributed by atoms with Gasteiger partial charge in [-0.1, -0.05) is 13.3 Å². The van der Waals surface area contributed by atoms with Gasteiger partial charge in [-0.2, -0.15) is 0 Å². The lowest BCUT2D eigenvalue weighted by Gasteiger charge is -2.38. The van der Waals surface area contributed by atoms with Crippen LogP contribution in [0.5, 0.6) is 0 Å². The van der Waals surface area contributed by atoms with Gasteiger partial charge in [0.2, 0.25) is 0 Å². The Bertz CT molecular complexity index is 281. The van der Waals surface area contributed by atoms with E-state index in [2.05, 4.69) is 6.92 Å². The third-order valence-corrected chi connectivity index (χ3v) is 3.56. The highest BCUT2D eigenvalue weighted by molar-refractivity contribution is 4.99. The smallest absolute Gasteiger partial charge is 0.163 e. The minimum atomic E-state index is -0.902. The molecular formula is C13H24O5. The average Bonchev–Trinajstić information content (AvgIpc) is 2.58. The Balaban J connectivity index is 2.03. The topological polar surface area (TPSA) is 68.2 Å². The zero-order valence-corrected chi connectivity index (χ0v) is 11.3. The molecule has 0 radical (unpaired) electrons. The largest absolute Gasteiger partial charge is 0.390 e. The van der Waals surface area contributed by atoms with Crippen molar-refractivity contribution in [3.05, 3.63) is 0 Å². The van der Waals surface area contributed by atoms with Crippen LogP contribution in [-0.4, -0.2) is 53.1 Å². The lowest BCUT2D eigenvalue weighted by molar-refractivity contribution is -0.181. The van der Waals surface area contributed by atoms with Crippen molar-refractivity contribution >= 4 is 0 Å². The third kappa shape index (κ3) is 2.86. The van der Waals surface area contributed by atoms with E-state index in [1.165, 1.54) is 0 Å². The predicted molar refractivity (Wildman–Crippen MR) is 65.1 cm³/mol. The van der Waals surface area contributed by atoms with Crippen molar-refractivity contribution in [1.82, 2.24) is 0 Å². The second-order valence-corrected chi connectivity index (χ2v) is 5.62. The molecule has 1 saturated carbocycles. The molecule has 0 spiro atoms. The van der Waals surface area contributed by atoms with Gasteiger partial charge in [-0.3, -0.25) is 0 Å². The molecule has 5 heteroatoms. The van der Waals surface area contributed by atoms with Gasteiger partial charge in [0.05, 0.1) is 12.2 Å². The lowest BCUT2D eigenvalue weighted by Crippen LogP contribution is -2.56. The van der Waals surface area contributed by atoms with E-state index in [0.29, 0.717) is 13.0 Å². The molecule has 2 N–H and O–H groups in total. The maximum atomic E-state index is 10.0. The van der Waals surface area contributed by atoms with E-state index in [1.54, 1.807) is 0 Å². The number of hydrogen-bond acceptors (Lipinski definition) is 5. The summed E-state index contributed by atoms with van der Waals surface area (Å²) >= 11 is 0. The predicted octanol–water partition coefficient (Wildman–Crippen LogP) is 0.817. The fraction of sp³-hybridized carbons (Fsp3) is 1.00. The van der Waals surface area contributed by atoms with Gasteiger partial charge in [0.25, 0.3) is 0 Å². The number of aliphatic hydroxyl groups is 2. The van der Waals surface area contributed by atoms with Crippen molar-refractivity contribution in [1.29, 1.82) is 0 Å². The molecule has 0 bridgehead atoms. The molecule has 1 aliphatic heterocycles. The monoisotopic (exact) mass is 260 g/mol. The highest BCUT2D eigenvalue weighted by atomic mass is 16.8. The van der Waals surface area contributed by atoms with Crippen molar-refractivity contribution in [2.45, 2.75) is 76.3 Å². The normalized spacial score (nSPS) is 42.8. The van der Waals surface area contributed by atoms with E-state index in [-0.39, 0.29) is 12.2 Å². The SMILES string of the molecule is CCCCOC1C(O)[C@H](O)C[C@H]2OC(C)(C)OC12. The van der Waals surface area contributed by atoms with Crippen LogP contribution < -0.4 is 0 Å². The van der Waals surface area contributed by atoms with Crippen molar-refractivity contribution in [3.63, 3.8) is 0 Å². The summed E-state index contributed by atoms with van der Waals surface area (Å²) in [5.41, 5.74) is 0. The standard InChI is InChI=1S/C13H24O5/c1-4-5-6-16-12-10(15)8(14)7-9-11(12)18-13(2,3)17-9/h8-12,14-15H,4-7H2,1-3H3/t8-,9-,10?,11?,12?/m1/s1. The van der Waals surface area contributed by atoms with Crippen LogP contribution in [0, 0.1) is 0 Å². The van der Waals surface area contributed by atoms with Gasteiger partial charge in [0.15, 0.2) is 5.79 Å². The van der Waals surface area contributed by atoms with E-state index in [1.807, 2.05) is 13.8 Å². The Morgan fingerprint density at radius 3 is 2.67 bits per heavy atom. The molecular weight excluding hydrogens is 236 g/mol. The fourth-order valence-electron chi connectivity index (χ4n) is 2.67. The molecule has 0 aromatic heterocycles. The first-order valence-corrected chi connectivity index (χ1v) is 6.78. The number of hydrogen-bond donors (Lipinski definition) is 2. The van der Waals surface area contributed by atoms with Crippen LogP contribution in [-0.2, 0) is 14.2 Å². The van der Waals surface area contributed by atoms with Crippen LogP contribution in [0.2, 0.25) is 0 Å². The summed E-state index contributed by atoms with van der Waals surface area (Å²) in [4.78, 5) is 0. The Kier molecular flexibility index (Phi) is 4.29. The zero-order valence-electron chi connectivity index (χ0n) is 11.3. The number of fused-ring (bicyclic) bond motifs is 1. The van der Waals surface area contributed by atoms with Crippen molar-refractivity contribution < 1.29 is 24.4 Å². The molecule has 2 rings (SSSR count). The van der Waals surface area contributed by atoms with Gasteiger partial charge < -0.3 is 24.4 Å². The summed E-state index contributed by atoms with van der Waals surface area (Å²) in [6.07, 6.45) is -0.366. The van der Waals surface area contributed by atoms with E-state index < -0.39 is 24.1 Å². The molecule has 106 valence electrons. The van der Waals surface area contributed by atoms with E-state index in [4.69, 9.17) is 14.2 Å². The quantitative estimate of drug-likeness (QED) is 0.732. The maximum absolute atomic E-state index is 10.0. The minimum absolute atomic E-state index is 0.204. The Morgan fingerprint density at radius 2 is 2.00 bits per heavy atom. The average molecular weight is 260 g/mol. The number of ether oxygens (including phenoxy) is 3. The van der Waals surface area contributed by atoms with Gasteiger partial charge in [0.1, 0.15) is 18.3 Å². The summed E-state index contributed by atoms with van der Waals surface area (Å²) < 4.78 is 17.2. The molecule has 5 atom stereocenters. The second kappa shape index (κ2) is 5.43. The van der Waals surface area contributed by atoms with Crippen LogP contribution in [0.3, 0.4) is 0 Å². The first-order valence-electron chi connectivity index (χ1n) is 6.78. The molecule has 2 aliphatic rings. The number of aliphatic hydroxyl groups excluding tert-OH is 2. The molecule has 1 aliphatic carbocycles. The Hall–Kier alpha value is -0.200. The lowest BCUT2D eigenvalue weighted by atomic mass is 9.87. The summed E-state index contributed by atoms with van der Waals surface area (Å²) in [5, 5.41) is 19.9. The van der Waals surface area contributed by atoms with Crippen LogP contribution in [0.15, 0.2) is 0 Å². The molecule has 0 amide bonds. The van der Waals surface area contributed by atoms with Crippen molar-refractivity contribution in [2.24, 2.45) is 0 Å². The van der Waals surface area contributed by atoms with Crippen LogP contribution >= 0.6 is 0 Å². The van der Waals surface area contributed by atoms with E-state index >= 15 is 0 Å². The maximum Gasteiger partial charge on any atom is 0.163 e. The van der Waals surface area contributed by atoms with Crippen molar-refractivity contribution in [3.8, 4) is 0 Å². The highest BCUT2D eigenvalue weighted by Gasteiger charge is 2.53. The molecule has 18 heavy (non-hydrogen) atoms. The van der Waals surface area contributed by atoms with E-state index in [0.717, 1.165) is 12.8 Å². The number of unbranched alkanes of at least 4 members (excludes halogenated alkanes) is 1. The van der Waals surface area contributed by atoms with Crippen LogP contribution in [0.4, 0.5) is 0 Å². The summed E-state index contributed by atoms with van der Waals surface area (Å²) in [5.74, 6) is -0.675. The van der Waals surface area contributed by atoms with E-state index in [9.17, 15) is 10.2 Å². The first kappa shape index (κ1) is 14.2. The highest BCUT2D eigenvalue weighted by Crippen LogP contribution is 2.38. The zero-order chi connectivity index (χ0) is 13.3. The van der Waals surface area contributed by atoms with Gasteiger partial charge in [-0.05, 0) is 20.3 Å². The summed E-state index contributed by atoms with van der Waals surface area (Å²) in [7, 11) is 0. The Morgan fingerprint density at radius 1 is 1.28 bits per heavy atom. The van der Waals surface area contributed by atoms with Gasteiger partial charge >= 0.3 is 0 Å². The molecule has 5 nitrogen and oxygen atoms in total. The summed E-state index contributed by atoms with van der Waals surface area (Å²) in [6, 6.07) is 0. The van der Waals surface area contributed by atoms with Crippen LogP contribution in [0.1, 0.15) is 40.0 Å². The minimum Gasteiger partial charge on any atom is -0.390 e. The fourth-order valence-corrected chi connectivity index (χ4v) is 2.67. The van der Waals surface area contributed by atoms with Gasteiger partial charge in [-0.25, -0.2) is 0 Å². The molecule has 1 heterocycles. The number of rotatable bonds is 4. The molecule has 3 unspecified atom stereocenters. The molecule has 0 aromatic rings. The third-order valence-electron chi connectivity index (χ3n) is 3.56. The Labute approximate surface area is 108 Å².